The average molecular weight is 289 g/mol. The first kappa shape index (κ1) is 15.5. The van der Waals surface area contributed by atoms with Gasteiger partial charge in [-0.3, -0.25) is 0 Å². The van der Waals surface area contributed by atoms with Crippen molar-refractivity contribution in [1.29, 1.82) is 0 Å². The van der Waals surface area contributed by atoms with Crippen molar-refractivity contribution in [2.24, 2.45) is 5.73 Å². The van der Waals surface area contributed by atoms with Crippen LogP contribution in [-0.4, -0.2) is 11.7 Å². The van der Waals surface area contributed by atoms with Crippen LogP contribution in [0, 0.1) is 12.7 Å². The van der Waals surface area contributed by atoms with Crippen molar-refractivity contribution in [3.63, 3.8) is 0 Å². The number of ether oxygens (including phenoxy) is 1. The second kappa shape index (κ2) is 6.70. The number of nitrogens with two attached hydrogens (primary N) is 1. The smallest absolute Gasteiger partial charge is 0.132 e. The summed E-state index contributed by atoms with van der Waals surface area (Å²) in [5, 5.41) is 8.90. The molecule has 4 heteroatoms. The quantitative estimate of drug-likeness (QED) is 0.886. The van der Waals surface area contributed by atoms with Crippen molar-refractivity contribution < 1.29 is 14.2 Å². The van der Waals surface area contributed by atoms with E-state index in [1.807, 2.05) is 24.3 Å². The molecular formula is C17H20FNO2. The molecule has 0 aliphatic carbocycles. The lowest BCUT2D eigenvalue weighted by atomic mass is 10.0. The maximum atomic E-state index is 13.7. The second-order valence-electron chi connectivity index (χ2n) is 5.15. The number of benzene rings is 2. The van der Waals surface area contributed by atoms with Crippen LogP contribution < -0.4 is 10.5 Å². The lowest BCUT2D eigenvalue weighted by molar-refractivity contribution is 0.299. The Morgan fingerprint density at radius 1 is 1.24 bits per heavy atom. The van der Waals surface area contributed by atoms with Gasteiger partial charge in [-0.05, 0) is 55.7 Å². The van der Waals surface area contributed by atoms with Crippen LogP contribution >= 0.6 is 0 Å². The molecular weight excluding hydrogens is 269 g/mol. The molecule has 0 bridgehead atoms. The van der Waals surface area contributed by atoms with E-state index < -0.39 is 0 Å². The summed E-state index contributed by atoms with van der Waals surface area (Å²) in [7, 11) is 0. The predicted octanol–water partition coefficient (Wildman–Crippen LogP) is 3.48. The minimum absolute atomic E-state index is 0.117. The van der Waals surface area contributed by atoms with Gasteiger partial charge in [-0.25, -0.2) is 4.39 Å². The first-order valence-electron chi connectivity index (χ1n) is 6.94. The number of aliphatic hydroxyl groups is 1. The molecule has 21 heavy (non-hydrogen) atoms. The molecule has 0 heterocycles. The van der Waals surface area contributed by atoms with Crippen LogP contribution in [0.3, 0.4) is 0 Å². The highest BCUT2D eigenvalue weighted by molar-refractivity contribution is 5.43. The highest BCUT2D eigenvalue weighted by atomic mass is 19.1. The molecule has 1 atom stereocenters. The number of halogens is 1. The molecule has 0 aromatic heterocycles. The minimum atomic E-state index is -0.316. The molecule has 0 saturated carbocycles. The van der Waals surface area contributed by atoms with Crippen molar-refractivity contribution in [2.45, 2.75) is 26.3 Å². The van der Waals surface area contributed by atoms with Crippen molar-refractivity contribution in [3.8, 4) is 11.5 Å². The Balaban J connectivity index is 2.28. The first-order chi connectivity index (χ1) is 10.0. The van der Waals surface area contributed by atoms with Crippen molar-refractivity contribution in [2.75, 3.05) is 6.61 Å². The van der Waals surface area contributed by atoms with Crippen LogP contribution in [0.15, 0.2) is 36.4 Å². The van der Waals surface area contributed by atoms with Crippen molar-refractivity contribution >= 4 is 0 Å². The number of rotatable bonds is 5. The number of hydrogen-bond acceptors (Lipinski definition) is 3. The summed E-state index contributed by atoms with van der Waals surface area (Å²) in [6.45, 7) is 3.60. The molecule has 0 spiro atoms. The third kappa shape index (κ3) is 3.80. The fourth-order valence-electron chi connectivity index (χ4n) is 2.09. The Kier molecular flexibility index (Phi) is 4.94. The zero-order valence-electron chi connectivity index (χ0n) is 12.3. The largest absolute Gasteiger partial charge is 0.457 e. The zero-order chi connectivity index (χ0) is 15.4. The summed E-state index contributed by atoms with van der Waals surface area (Å²) >= 11 is 0. The third-order valence-electron chi connectivity index (χ3n) is 3.33. The van der Waals surface area contributed by atoms with Crippen molar-refractivity contribution in [3.05, 3.63) is 58.9 Å². The fourth-order valence-corrected chi connectivity index (χ4v) is 2.09. The standard InChI is InChI=1S/C17H20FNO2/c1-11-9-17(15(12(2)19)10-16(11)18)21-14-5-3-13(4-6-14)7-8-20/h3-6,9-10,12,20H,7-8,19H2,1-2H3/t12-/m0/s1. The van der Waals surface area contributed by atoms with Gasteiger partial charge >= 0.3 is 0 Å². The van der Waals surface area contributed by atoms with Crippen LogP contribution in [0.5, 0.6) is 11.5 Å². The van der Waals surface area contributed by atoms with Gasteiger partial charge in [-0.2, -0.15) is 0 Å². The van der Waals surface area contributed by atoms with Crippen molar-refractivity contribution in [1.82, 2.24) is 0 Å². The first-order valence-corrected chi connectivity index (χ1v) is 6.94. The van der Waals surface area contributed by atoms with E-state index in [-0.39, 0.29) is 18.5 Å². The molecule has 0 aliphatic heterocycles. The molecule has 0 fully saturated rings. The van der Waals surface area contributed by atoms with E-state index in [0.717, 1.165) is 5.56 Å². The Labute approximate surface area is 124 Å². The Hall–Kier alpha value is -1.91. The molecule has 2 rings (SSSR count). The summed E-state index contributed by atoms with van der Waals surface area (Å²) < 4.78 is 19.5. The van der Waals surface area contributed by atoms with Gasteiger partial charge in [-0.1, -0.05) is 12.1 Å². The average Bonchev–Trinajstić information content (AvgIpc) is 2.44. The lowest BCUT2D eigenvalue weighted by Gasteiger charge is -2.15. The summed E-state index contributed by atoms with van der Waals surface area (Å²) in [6, 6.07) is 10.2. The molecule has 3 N–H and O–H groups in total. The van der Waals surface area contributed by atoms with Gasteiger partial charge < -0.3 is 15.6 Å². The molecule has 2 aromatic rings. The van der Waals surface area contributed by atoms with E-state index in [1.165, 1.54) is 6.07 Å². The minimum Gasteiger partial charge on any atom is -0.457 e. The number of aliphatic hydroxyl groups excluding tert-OH is 1. The number of aryl methyl sites for hydroxylation is 1. The third-order valence-corrected chi connectivity index (χ3v) is 3.33. The van der Waals surface area contributed by atoms with Crippen LogP contribution in [0.2, 0.25) is 0 Å². The maximum Gasteiger partial charge on any atom is 0.132 e. The van der Waals surface area contributed by atoms with Gasteiger partial charge in [0.05, 0.1) is 0 Å². The summed E-state index contributed by atoms with van der Waals surface area (Å²) in [4.78, 5) is 0. The molecule has 0 saturated heterocycles. The Bertz CT molecular complexity index is 609. The fraction of sp³-hybridized carbons (Fsp3) is 0.294. The van der Waals surface area contributed by atoms with Gasteiger partial charge in [-0.15, -0.1) is 0 Å². The van der Waals surface area contributed by atoms with Crippen LogP contribution in [0.1, 0.15) is 29.7 Å². The lowest BCUT2D eigenvalue weighted by Crippen LogP contribution is -2.08. The van der Waals surface area contributed by atoms with Gasteiger partial charge in [0.15, 0.2) is 0 Å². The second-order valence-corrected chi connectivity index (χ2v) is 5.15. The highest BCUT2D eigenvalue weighted by Gasteiger charge is 2.13. The van der Waals surface area contributed by atoms with Crippen LogP contribution in [0.4, 0.5) is 4.39 Å². The predicted molar refractivity (Wildman–Crippen MR) is 81.0 cm³/mol. The highest BCUT2D eigenvalue weighted by Crippen LogP contribution is 2.31. The van der Waals surface area contributed by atoms with E-state index in [4.69, 9.17) is 15.6 Å². The Morgan fingerprint density at radius 3 is 2.48 bits per heavy atom. The molecule has 0 unspecified atom stereocenters. The topological polar surface area (TPSA) is 55.5 Å². The van der Waals surface area contributed by atoms with Gasteiger partial charge in [0, 0.05) is 18.2 Å². The maximum absolute atomic E-state index is 13.7. The van der Waals surface area contributed by atoms with Gasteiger partial charge in [0.2, 0.25) is 0 Å². The van der Waals surface area contributed by atoms with E-state index in [9.17, 15) is 4.39 Å². The SMILES string of the molecule is Cc1cc(Oc2ccc(CCO)cc2)c([C@H](C)N)cc1F. The summed E-state index contributed by atoms with van der Waals surface area (Å²) in [5.74, 6) is 0.941. The zero-order valence-corrected chi connectivity index (χ0v) is 12.3. The summed E-state index contributed by atoms with van der Waals surface area (Å²) in [6.07, 6.45) is 0.612. The van der Waals surface area contributed by atoms with E-state index in [2.05, 4.69) is 0 Å². The van der Waals surface area contributed by atoms with Crippen LogP contribution in [-0.2, 0) is 6.42 Å². The van der Waals surface area contributed by atoms with E-state index in [0.29, 0.717) is 29.0 Å². The molecule has 2 aromatic carbocycles. The summed E-state index contributed by atoms with van der Waals surface area (Å²) in [5.41, 5.74) is 8.07. The Morgan fingerprint density at radius 2 is 1.90 bits per heavy atom. The van der Waals surface area contributed by atoms with E-state index >= 15 is 0 Å². The number of hydrogen-bond donors (Lipinski definition) is 2. The van der Waals surface area contributed by atoms with E-state index in [1.54, 1.807) is 19.9 Å². The van der Waals surface area contributed by atoms with Crippen LogP contribution in [0.25, 0.3) is 0 Å². The molecule has 0 amide bonds. The van der Waals surface area contributed by atoms with Gasteiger partial charge in [0.1, 0.15) is 17.3 Å². The molecule has 0 aliphatic rings. The molecule has 112 valence electrons. The monoisotopic (exact) mass is 289 g/mol. The van der Waals surface area contributed by atoms with Gasteiger partial charge in [0.25, 0.3) is 0 Å². The normalized spacial score (nSPS) is 12.2. The molecule has 0 radical (unpaired) electrons. The molecule has 3 nitrogen and oxygen atoms in total.